The van der Waals surface area contributed by atoms with E-state index < -0.39 is 11.2 Å². The van der Waals surface area contributed by atoms with Crippen molar-refractivity contribution in [3.05, 3.63) is 26.4 Å². The standard InChI is InChI=1S/C18H30N4O3S/c1-11(2)9-22-16(19)15(17(24)21(4)18(22)25)14(23)10-20(3)12-6-7-13(8-12)26-5/h11-13H,6-10,19H2,1-5H3/t12-,13-/m1/s1. The highest BCUT2D eigenvalue weighted by molar-refractivity contribution is 7.99. The number of carbonyl (C=O) groups excluding carboxylic acids is 1. The zero-order chi connectivity index (χ0) is 19.6. The van der Waals surface area contributed by atoms with Crippen LogP contribution in [0, 0.1) is 5.92 Å². The number of nitrogen functional groups attached to an aromatic ring is 1. The predicted molar refractivity (Wildman–Crippen MR) is 107 cm³/mol. The highest BCUT2D eigenvalue weighted by Gasteiger charge is 2.29. The molecule has 0 spiro atoms. The lowest BCUT2D eigenvalue weighted by Crippen LogP contribution is -2.45. The second-order valence-electron chi connectivity index (χ2n) is 7.57. The number of carbonyl (C=O) groups is 1. The molecule has 1 aromatic heterocycles. The molecule has 0 bridgehead atoms. The normalized spacial score (nSPS) is 20.3. The number of anilines is 1. The van der Waals surface area contributed by atoms with Crippen LogP contribution in [0.3, 0.4) is 0 Å². The lowest BCUT2D eigenvalue weighted by Gasteiger charge is -2.24. The van der Waals surface area contributed by atoms with Crippen molar-refractivity contribution < 1.29 is 4.79 Å². The molecule has 2 atom stereocenters. The topological polar surface area (TPSA) is 90.3 Å². The first kappa shape index (κ1) is 20.8. The summed E-state index contributed by atoms with van der Waals surface area (Å²) in [6.07, 6.45) is 5.36. The van der Waals surface area contributed by atoms with Gasteiger partial charge in [-0.25, -0.2) is 4.79 Å². The van der Waals surface area contributed by atoms with Crippen LogP contribution in [0.5, 0.6) is 0 Å². The Morgan fingerprint density at radius 2 is 2.00 bits per heavy atom. The van der Waals surface area contributed by atoms with Gasteiger partial charge in [0.15, 0.2) is 5.78 Å². The molecule has 2 rings (SSSR count). The second kappa shape index (κ2) is 8.43. The van der Waals surface area contributed by atoms with E-state index in [9.17, 15) is 14.4 Å². The fourth-order valence-corrected chi connectivity index (χ4v) is 4.34. The van der Waals surface area contributed by atoms with Crippen LogP contribution in [-0.4, -0.2) is 51.0 Å². The number of hydrogen-bond acceptors (Lipinski definition) is 6. The van der Waals surface area contributed by atoms with Crippen LogP contribution < -0.4 is 17.0 Å². The summed E-state index contributed by atoms with van der Waals surface area (Å²) in [5.74, 6) is -0.172. The third-order valence-corrected chi connectivity index (χ3v) is 6.21. The Hall–Kier alpha value is -1.54. The molecule has 1 aliphatic rings. The van der Waals surface area contributed by atoms with E-state index in [1.54, 1.807) is 0 Å². The Balaban J connectivity index is 2.30. The van der Waals surface area contributed by atoms with Crippen LogP contribution in [0.4, 0.5) is 5.82 Å². The third-order valence-electron chi connectivity index (χ3n) is 5.12. The summed E-state index contributed by atoms with van der Waals surface area (Å²) in [6.45, 7) is 4.40. The summed E-state index contributed by atoms with van der Waals surface area (Å²) in [5, 5.41) is 0.628. The Morgan fingerprint density at radius 1 is 1.35 bits per heavy atom. The van der Waals surface area contributed by atoms with E-state index in [-0.39, 0.29) is 29.6 Å². The molecule has 1 heterocycles. The molecule has 1 aromatic rings. The first-order valence-corrected chi connectivity index (χ1v) is 10.3. The largest absolute Gasteiger partial charge is 0.384 e. The number of rotatable bonds is 7. The van der Waals surface area contributed by atoms with E-state index in [4.69, 9.17) is 5.73 Å². The van der Waals surface area contributed by atoms with Gasteiger partial charge in [-0.2, -0.15) is 11.8 Å². The van der Waals surface area contributed by atoms with Crippen molar-refractivity contribution in [2.24, 2.45) is 13.0 Å². The molecule has 26 heavy (non-hydrogen) atoms. The van der Waals surface area contributed by atoms with Gasteiger partial charge in [0, 0.05) is 24.9 Å². The Bertz CT molecular complexity index is 784. The number of hydrogen-bond donors (Lipinski definition) is 1. The van der Waals surface area contributed by atoms with Gasteiger partial charge in [0.25, 0.3) is 5.56 Å². The maximum Gasteiger partial charge on any atom is 0.332 e. The highest BCUT2D eigenvalue weighted by atomic mass is 32.2. The molecule has 0 radical (unpaired) electrons. The molecule has 0 amide bonds. The molecule has 0 saturated heterocycles. The second-order valence-corrected chi connectivity index (χ2v) is 8.71. The van der Waals surface area contributed by atoms with Gasteiger partial charge in [0.2, 0.25) is 0 Å². The van der Waals surface area contributed by atoms with Crippen molar-refractivity contribution in [3.63, 3.8) is 0 Å². The van der Waals surface area contributed by atoms with Crippen LogP contribution in [-0.2, 0) is 13.6 Å². The molecule has 1 fully saturated rings. The van der Waals surface area contributed by atoms with E-state index in [2.05, 4.69) is 6.26 Å². The lowest BCUT2D eigenvalue weighted by atomic mass is 10.1. The molecule has 7 nitrogen and oxygen atoms in total. The van der Waals surface area contributed by atoms with E-state index in [1.165, 1.54) is 11.6 Å². The first-order chi connectivity index (χ1) is 12.2. The molecule has 0 unspecified atom stereocenters. The van der Waals surface area contributed by atoms with E-state index in [0.29, 0.717) is 17.8 Å². The highest BCUT2D eigenvalue weighted by Crippen LogP contribution is 2.30. The molecule has 1 saturated carbocycles. The fourth-order valence-electron chi connectivity index (χ4n) is 3.55. The molecule has 0 aliphatic heterocycles. The summed E-state index contributed by atoms with van der Waals surface area (Å²) in [5.41, 5.74) is 4.92. The fraction of sp³-hybridized carbons (Fsp3) is 0.722. The van der Waals surface area contributed by atoms with Crippen molar-refractivity contribution >= 4 is 23.4 Å². The zero-order valence-corrected chi connectivity index (χ0v) is 17.1. The van der Waals surface area contributed by atoms with E-state index in [0.717, 1.165) is 23.8 Å². The lowest BCUT2D eigenvalue weighted by molar-refractivity contribution is 0.0919. The van der Waals surface area contributed by atoms with Crippen LogP contribution in [0.2, 0.25) is 0 Å². The maximum atomic E-state index is 12.9. The smallest absolute Gasteiger partial charge is 0.332 e. The Labute approximate surface area is 158 Å². The summed E-state index contributed by atoms with van der Waals surface area (Å²) in [6, 6.07) is 0.336. The minimum absolute atomic E-state index is 0.0152. The zero-order valence-electron chi connectivity index (χ0n) is 16.3. The summed E-state index contributed by atoms with van der Waals surface area (Å²) < 4.78 is 2.31. The van der Waals surface area contributed by atoms with Crippen LogP contribution in [0.15, 0.2) is 9.59 Å². The minimum Gasteiger partial charge on any atom is -0.384 e. The molecular weight excluding hydrogens is 352 g/mol. The number of likely N-dealkylation sites (N-methyl/N-ethyl adjacent to an activating group) is 1. The van der Waals surface area contributed by atoms with Crippen LogP contribution in [0.25, 0.3) is 0 Å². The van der Waals surface area contributed by atoms with Gasteiger partial charge in [-0.1, -0.05) is 13.8 Å². The number of thioether (sulfide) groups is 1. The number of ketones is 1. The predicted octanol–water partition coefficient (Wildman–Crippen LogP) is 1.18. The SMILES string of the molecule is CS[C@@H]1CC[C@@H](N(C)CC(=O)c2c(N)n(CC(C)C)c(=O)n(C)c2=O)C1. The van der Waals surface area contributed by atoms with Gasteiger partial charge < -0.3 is 5.73 Å². The van der Waals surface area contributed by atoms with Crippen LogP contribution in [0.1, 0.15) is 43.5 Å². The van der Waals surface area contributed by atoms with Gasteiger partial charge in [0.05, 0.1) is 6.54 Å². The Morgan fingerprint density at radius 3 is 2.54 bits per heavy atom. The minimum atomic E-state index is -0.612. The van der Waals surface area contributed by atoms with Crippen molar-refractivity contribution in [1.29, 1.82) is 0 Å². The average Bonchev–Trinajstić information content (AvgIpc) is 3.06. The third kappa shape index (κ3) is 4.23. The quantitative estimate of drug-likeness (QED) is 0.712. The summed E-state index contributed by atoms with van der Waals surface area (Å²) in [7, 11) is 3.30. The van der Waals surface area contributed by atoms with Gasteiger partial charge >= 0.3 is 5.69 Å². The maximum absolute atomic E-state index is 12.9. The average molecular weight is 383 g/mol. The molecule has 1 aliphatic carbocycles. The van der Waals surface area contributed by atoms with Crippen molar-refractivity contribution in [2.75, 3.05) is 25.6 Å². The van der Waals surface area contributed by atoms with E-state index in [1.807, 2.05) is 37.6 Å². The van der Waals surface area contributed by atoms with Gasteiger partial charge in [-0.05, 0) is 38.5 Å². The summed E-state index contributed by atoms with van der Waals surface area (Å²) in [4.78, 5) is 39.7. The molecule has 146 valence electrons. The van der Waals surface area contributed by atoms with Gasteiger partial charge in [-0.3, -0.25) is 23.6 Å². The Kier molecular flexibility index (Phi) is 6.74. The van der Waals surface area contributed by atoms with Crippen molar-refractivity contribution in [3.8, 4) is 0 Å². The van der Waals surface area contributed by atoms with Crippen LogP contribution >= 0.6 is 11.8 Å². The monoisotopic (exact) mass is 382 g/mol. The van der Waals surface area contributed by atoms with Gasteiger partial charge in [-0.15, -0.1) is 0 Å². The number of nitrogens with zero attached hydrogens (tertiary/aromatic N) is 3. The summed E-state index contributed by atoms with van der Waals surface area (Å²) >= 11 is 1.86. The molecular formula is C18H30N4O3S. The van der Waals surface area contributed by atoms with Crippen molar-refractivity contribution in [2.45, 2.75) is 50.9 Å². The number of Topliss-reactive ketones (excluding diaryl/α,β-unsaturated/α-hetero) is 1. The molecule has 0 aromatic carbocycles. The first-order valence-electron chi connectivity index (χ1n) is 9.02. The molecule has 8 heteroatoms. The van der Waals surface area contributed by atoms with E-state index >= 15 is 0 Å². The number of aromatic nitrogens is 2. The number of nitrogens with two attached hydrogens (primary N) is 1. The van der Waals surface area contributed by atoms with Crippen molar-refractivity contribution in [1.82, 2.24) is 14.0 Å². The van der Waals surface area contributed by atoms with Gasteiger partial charge in [0.1, 0.15) is 11.4 Å². The molecule has 2 N–H and O–H groups in total.